The van der Waals surface area contributed by atoms with Gasteiger partial charge in [0.25, 0.3) is 11.7 Å². The SMILES string of the molecule is NC(=O)c1sccc1Nc1cc(Cl)nc2ncnn12. The van der Waals surface area contributed by atoms with Gasteiger partial charge in [-0.3, -0.25) is 4.79 Å². The molecule has 3 aromatic rings. The van der Waals surface area contributed by atoms with Crippen LogP contribution in [0.3, 0.4) is 0 Å². The maximum Gasteiger partial charge on any atom is 0.260 e. The van der Waals surface area contributed by atoms with E-state index in [1.165, 1.54) is 22.2 Å². The van der Waals surface area contributed by atoms with Crippen LogP contribution in [0.5, 0.6) is 0 Å². The van der Waals surface area contributed by atoms with E-state index in [4.69, 9.17) is 17.3 Å². The Labute approximate surface area is 116 Å². The molecule has 0 aliphatic rings. The smallest absolute Gasteiger partial charge is 0.260 e. The highest BCUT2D eigenvalue weighted by atomic mass is 35.5. The molecule has 0 unspecified atom stereocenters. The van der Waals surface area contributed by atoms with Crippen molar-refractivity contribution in [3.8, 4) is 0 Å². The van der Waals surface area contributed by atoms with Gasteiger partial charge in [0.05, 0.1) is 5.69 Å². The Bertz CT molecular complexity index is 766. The molecular weight excluding hydrogens is 288 g/mol. The highest BCUT2D eigenvalue weighted by molar-refractivity contribution is 7.12. The Morgan fingerprint density at radius 1 is 1.53 bits per heavy atom. The first-order chi connectivity index (χ1) is 9.15. The van der Waals surface area contributed by atoms with Crippen molar-refractivity contribution in [2.24, 2.45) is 5.73 Å². The largest absolute Gasteiger partial charge is 0.365 e. The van der Waals surface area contributed by atoms with Crippen molar-refractivity contribution in [3.05, 3.63) is 33.9 Å². The molecule has 0 fully saturated rings. The minimum Gasteiger partial charge on any atom is -0.365 e. The molecule has 0 aliphatic heterocycles. The summed E-state index contributed by atoms with van der Waals surface area (Å²) >= 11 is 7.16. The van der Waals surface area contributed by atoms with E-state index in [1.807, 2.05) is 0 Å². The Morgan fingerprint density at radius 3 is 3.16 bits per heavy atom. The third kappa shape index (κ3) is 2.11. The summed E-state index contributed by atoms with van der Waals surface area (Å²) in [6.07, 6.45) is 1.37. The third-order valence-corrected chi connectivity index (χ3v) is 3.49. The summed E-state index contributed by atoms with van der Waals surface area (Å²) in [4.78, 5) is 19.7. The number of amides is 1. The van der Waals surface area contributed by atoms with Crippen LogP contribution in [0.4, 0.5) is 11.5 Å². The van der Waals surface area contributed by atoms with Crippen molar-refractivity contribution in [2.45, 2.75) is 0 Å². The molecule has 3 N–H and O–H groups in total. The summed E-state index contributed by atoms with van der Waals surface area (Å²) in [5.74, 6) is 0.423. The maximum atomic E-state index is 11.3. The van der Waals surface area contributed by atoms with Gasteiger partial charge in [0, 0.05) is 6.07 Å². The topological polar surface area (TPSA) is 98.2 Å². The summed E-state index contributed by atoms with van der Waals surface area (Å²) in [5, 5.41) is 9.12. The fourth-order valence-corrected chi connectivity index (χ4v) is 2.49. The van der Waals surface area contributed by atoms with Gasteiger partial charge in [-0.05, 0) is 11.4 Å². The third-order valence-electron chi connectivity index (χ3n) is 2.37. The van der Waals surface area contributed by atoms with Crippen LogP contribution in [-0.2, 0) is 0 Å². The van der Waals surface area contributed by atoms with E-state index in [1.54, 1.807) is 17.5 Å². The second kappa shape index (κ2) is 4.48. The van der Waals surface area contributed by atoms with Gasteiger partial charge < -0.3 is 11.1 Å². The van der Waals surface area contributed by atoms with Gasteiger partial charge in [0.1, 0.15) is 22.2 Å². The maximum absolute atomic E-state index is 11.3. The predicted molar refractivity (Wildman–Crippen MR) is 71.9 cm³/mol. The molecule has 0 radical (unpaired) electrons. The van der Waals surface area contributed by atoms with E-state index in [2.05, 4.69) is 20.4 Å². The number of halogens is 1. The minimum atomic E-state index is -0.493. The predicted octanol–water partition coefficient (Wildman–Crippen LogP) is 1.68. The van der Waals surface area contributed by atoms with E-state index in [-0.39, 0.29) is 5.15 Å². The number of hydrogen-bond acceptors (Lipinski definition) is 6. The zero-order valence-electron chi connectivity index (χ0n) is 9.37. The van der Waals surface area contributed by atoms with Crippen LogP contribution in [0, 0.1) is 0 Å². The Hall–Kier alpha value is -2.19. The molecule has 0 spiro atoms. The number of thiophene rings is 1. The normalized spacial score (nSPS) is 10.8. The van der Waals surface area contributed by atoms with E-state index >= 15 is 0 Å². The zero-order chi connectivity index (χ0) is 13.4. The number of nitrogens with two attached hydrogens (primary N) is 1. The number of hydrogen-bond donors (Lipinski definition) is 2. The van der Waals surface area contributed by atoms with Crippen LogP contribution in [0.25, 0.3) is 5.78 Å². The number of fused-ring (bicyclic) bond motifs is 1. The summed E-state index contributed by atoms with van der Waals surface area (Å²) < 4.78 is 1.48. The number of carbonyl (C=O) groups excluding carboxylic acids is 1. The lowest BCUT2D eigenvalue weighted by Gasteiger charge is -2.07. The average Bonchev–Trinajstić information content (AvgIpc) is 2.96. The Morgan fingerprint density at radius 2 is 2.37 bits per heavy atom. The van der Waals surface area contributed by atoms with Crippen molar-refractivity contribution in [3.63, 3.8) is 0 Å². The molecule has 1 amide bonds. The molecule has 0 atom stereocenters. The van der Waals surface area contributed by atoms with Gasteiger partial charge in [-0.2, -0.15) is 19.6 Å². The highest BCUT2D eigenvalue weighted by Gasteiger charge is 2.12. The van der Waals surface area contributed by atoms with Crippen LogP contribution in [0.2, 0.25) is 5.15 Å². The number of rotatable bonds is 3. The van der Waals surface area contributed by atoms with Crippen molar-refractivity contribution in [1.29, 1.82) is 0 Å². The first kappa shape index (κ1) is 11.9. The monoisotopic (exact) mass is 294 g/mol. The number of nitrogens with zero attached hydrogens (tertiary/aromatic N) is 4. The number of anilines is 2. The standard InChI is InChI=1S/C10H7ClN6OS/c11-6-3-7(17-10(16-6)13-4-14-17)15-5-1-2-19-8(5)9(12)18/h1-4,15H,(H2,12,18). The summed E-state index contributed by atoms with van der Waals surface area (Å²) in [6, 6.07) is 3.34. The lowest BCUT2D eigenvalue weighted by Crippen LogP contribution is -2.11. The van der Waals surface area contributed by atoms with Crippen LogP contribution in [0.1, 0.15) is 9.67 Å². The molecule has 19 heavy (non-hydrogen) atoms. The van der Waals surface area contributed by atoms with Gasteiger partial charge in [0.2, 0.25) is 0 Å². The molecule has 3 heterocycles. The molecule has 0 bridgehead atoms. The molecule has 9 heteroatoms. The second-order valence-electron chi connectivity index (χ2n) is 3.59. The highest BCUT2D eigenvalue weighted by Crippen LogP contribution is 2.26. The quantitative estimate of drug-likeness (QED) is 0.716. The van der Waals surface area contributed by atoms with Crippen molar-refractivity contribution in [1.82, 2.24) is 19.6 Å². The lowest BCUT2D eigenvalue weighted by atomic mass is 10.3. The fourth-order valence-electron chi connectivity index (χ4n) is 1.61. The molecule has 3 rings (SSSR count). The number of nitrogens with one attached hydrogen (secondary N) is 1. The van der Waals surface area contributed by atoms with E-state index < -0.39 is 5.91 Å². The van der Waals surface area contributed by atoms with E-state index in [0.717, 1.165) is 0 Å². The van der Waals surface area contributed by atoms with E-state index in [0.29, 0.717) is 22.2 Å². The van der Waals surface area contributed by atoms with Crippen LogP contribution >= 0.6 is 22.9 Å². The number of carbonyl (C=O) groups is 1. The molecule has 0 saturated heterocycles. The molecule has 3 aromatic heterocycles. The first-order valence-corrected chi connectivity index (χ1v) is 6.41. The number of primary amides is 1. The molecule has 0 saturated carbocycles. The van der Waals surface area contributed by atoms with Gasteiger partial charge in [-0.25, -0.2) is 0 Å². The summed E-state index contributed by atoms with van der Waals surface area (Å²) in [6.45, 7) is 0. The van der Waals surface area contributed by atoms with Crippen LogP contribution in [0.15, 0.2) is 23.8 Å². The average molecular weight is 295 g/mol. The Balaban J connectivity index is 2.08. The molecule has 0 aliphatic carbocycles. The Kier molecular flexibility index (Phi) is 2.80. The summed E-state index contributed by atoms with van der Waals surface area (Å²) in [5.41, 5.74) is 5.89. The first-order valence-electron chi connectivity index (χ1n) is 5.16. The van der Waals surface area contributed by atoms with Gasteiger partial charge in [0.15, 0.2) is 0 Å². The van der Waals surface area contributed by atoms with Crippen molar-refractivity contribution < 1.29 is 4.79 Å². The molecule has 7 nitrogen and oxygen atoms in total. The van der Waals surface area contributed by atoms with Gasteiger partial charge in [-0.15, -0.1) is 11.3 Å². The molecular formula is C10H7ClN6OS. The lowest BCUT2D eigenvalue weighted by molar-refractivity contribution is 0.100. The molecule has 96 valence electrons. The molecule has 0 aromatic carbocycles. The number of aromatic nitrogens is 4. The van der Waals surface area contributed by atoms with Crippen LogP contribution in [-0.4, -0.2) is 25.5 Å². The van der Waals surface area contributed by atoms with Crippen LogP contribution < -0.4 is 11.1 Å². The van der Waals surface area contributed by atoms with Crippen molar-refractivity contribution >= 4 is 46.1 Å². The second-order valence-corrected chi connectivity index (χ2v) is 4.89. The minimum absolute atomic E-state index is 0.277. The van der Waals surface area contributed by atoms with Gasteiger partial charge in [-0.1, -0.05) is 11.6 Å². The van der Waals surface area contributed by atoms with Gasteiger partial charge >= 0.3 is 0 Å². The van der Waals surface area contributed by atoms with Crippen molar-refractivity contribution in [2.75, 3.05) is 5.32 Å². The zero-order valence-corrected chi connectivity index (χ0v) is 10.9. The van der Waals surface area contributed by atoms with E-state index in [9.17, 15) is 4.79 Å². The summed E-state index contributed by atoms with van der Waals surface area (Å²) in [7, 11) is 0. The fraction of sp³-hybridized carbons (Fsp3) is 0.